The second kappa shape index (κ2) is 6.67. The predicted octanol–water partition coefficient (Wildman–Crippen LogP) is 5.28. The maximum Gasteiger partial charge on any atom is 0.263 e. The maximum atomic E-state index is 12.8. The van der Waals surface area contributed by atoms with Crippen LogP contribution in [0.4, 0.5) is 0 Å². The topological polar surface area (TPSA) is 20.3 Å². The summed E-state index contributed by atoms with van der Waals surface area (Å²) in [5.74, 6) is 1.21. The molecule has 0 saturated carbocycles. The highest BCUT2D eigenvalue weighted by molar-refractivity contribution is 7.99. The van der Waals surface area contributed by atoms with Gasteiger partial charge in [0.1, 0.15) is 0 Å². The molecule has 1 aromatic carbocycles. The van der Waals surface area contributed by atoms with Crippen LogP contribution in [0.1, 0.15) is 26.2 Å². The maximum absolute atomic E-state index is 12.8. The van der Waals surface area contributed by atoms with Gasteiger partial charge in [-0.25, -0.2) is 0 Å². The van der Waals surface area contributed by atoms with E-state index >= 15 is 0 Å². The number of thiophene rings is 2. The van der Waals surface area contributed by atoms with Crippen LogP contribution >= 0.6 is 34.4 Å². The number of amides is 1. The summed E-state index contributed by atoms with van der Waals surface area (Å²) in [7, 11) is 0. The first-order chi connectivity index (χ1) is 11.3. The molecule has 5 heteroatoms. The summed E-state index contributed by atoms with van der Waals surface area (Å²) in [6.07, 6.45) is 1.04. The Bertz CT molecular complexity index is 776. The molecule has 0 aliphatic carbocycles. The number of hydrogen-bond acceptors (Lipinski definition) is 4. The standard InChI is InChI=1S/C18H17NOS3/c20-18(17-12-13-4-1-2-5-14(13)23-17)19-8-7-16(22-11-9-19)15-6-3-10-21-15/h1-6,10,12,16H,7-9,11H2/t16-/m0/s1. The third-order valence-corrected chi connectivity index (χ3v) is 7.68. The van der Waals surface area contributed by atoms with Crippen LogP contribution < -0.4 is 0 Å². The number of rotatable bonds is 2. The largest absolute Gasteiger partial charge is 0.337 e. The van der Waals surface area contributed by atoms with Crippen LogP contribution in [0.15, 0.2) is 47.8 Å². The van der Waals surface area contributed by atoms with E-state index in [4.69, 9.17) is 0 Å². The summed E-state index contributed by atoms with van der Waals surface area (Å²) in [6.45, 7) is 1.70. The van der Waals surface area contributed by atoms with E-state index in [9.17, 15) is 4.79 Å². The van der Waals surface area contributed by atoms with Crippen molar-refractivity contribution in [3.63, 3.8) is 0 Å². The first kappa shape index (κ1) is 15.2. The molecule has 118 valence electrons. The van der Waals surface area contributed by atoms with Gasteiger partial charge in [-0.1, -0.05) is 24.3 Å². The van der Waals surface area contributed by atoms with Crippen molar-refractivity contribution in [3.05, 3.63) is 57.6 Å². The highest BCUT2D eigenvalue weighted by atomic mass is 32.2. The summed E-state index contributed by atoms with van der Waals surface area (Å²) in [4.78, 5) is 17.2. The van der Waals surface area contributed by atoms with E-state index in [1.54, 1.807) is 11.3 Å². The zero-order chi connectivity index (χ0) is 15.6. The number of thioether (sulfide) groups is 1. The van der Waals surface area contributed by atoms with Crippen molar-refractivity contribution >= 4 is 50.4 Å². The molecule has 3 heterocycles. The van der Waals surface area contributed by atoms with E-state index in [-0.39, 0.29) is 5.91 Å². The highest BCUT2D eigenvalue weighted by Crippen LogP contribution is 2.37. The number of carbonyl (C=O) groups is 1. The molecule has 4 rings (SSSR count). The van der Waals surface area contributed by atoms with Gasteiger partial charge in [0.05, 0.1) is 4.88 Å². The van der Waals surface area contributed by atoms with E-state index in [0.717, 1.165) is 30.1 Å². The highest BCUT2D eigenvalue weighted by Gasteiger charge is 2.24. The number of hydrogen-bond donors (Lipinski definition) is 0. The zero-order valence-electron chi connectivity index (χ0n) is 12.6. The Labute approximate surface area is 148 Å². The Balaban J connectivity index is 1.50. The lowest BCUT2D eigenvalue weighted by atomic mass is 10.2. The first-order valence-electron chi connectivity index (χ1n) is 7.74. The Hall–Kier alpha value is -1.30. The van der Waals surface area contributed by atoms with Gasteiger partial charge in [-0.3, -0.25) is 4.79 Å². The molecular formula is C18H17NOS3. The molecule has 0 N–H and O–H groups in total. The zero-order valence-corrected chi connectivity index (χ0v) is 15.1. The second-order valence-corrected chi connectivity index (χ2v) is 8.98. The molecule has 0 bridgehead atoms. The molecule has 0 spiro atoms. The van der Waals surface area contributed by atoms with Crippen LogP contribution in [-0.4, -0.2) is 29.6 Å². The smallest absolute Gasteiger partial charge is 0.263 e. The van der Waals surface area contributed by atoms with E-state index in [1.165, 1.54) is 15.0 Å². The predicted molar refractivity (Wildman–Crippen MR) is 102 cm³/mol. The van der Waals surface area contributed by atoms with Crippen molar-refractivity contribution in [2.24, 2.45) is 0 Å². The molecular weight excluding hydrogens is 342 g/mol. The molecule has 1 amide bonds. The van der Waals surface area contributed by atoms with E-state index in [2.05, 4.69) is 29.6 Å². The van der Waals surface area contributed by atoms with Gasteiger partial charge in [0.2, 0.25) is 0 Å². The van der Waals surface area contributed by atoms with Crippen LogP contribution in [0.5, 0.6) is 0 Å². The number of nitrogens with zero attached hydrogens (tertiary/aromatic N) is 1. The molecule has 2 aromatic heterocycles. The van der Waals surface area contributed by atoms with Crippen molar-refractivity contribution in [2.45, 2.75) is 11.7 Å². The monoisotopic (exact) mass is 359 g/mol. The summed E-state index contributed by atoms with van der Waals surface area (Å²) in [5.41, 5.74) is 0. The Morgan fingerprint density at radius 2 is 2.04 bits per heavy atom. The van der Waals surface area contributed by atoms with Crippen molar-refractivity contribution < 1.29 is 4.79 Å². The molecule has 23 heavy (non-hydrogen) atoms. The molecule has 0 radical (unpaired) electrons. The third-order valence-electron chi connectivity index (χ3n) is 4.13. The number of fused-ring (bicyclic) bond motifs is 1. The fraction of sp³-hybridized carbons (Fsp3) is 0.278. The van der Waals surface area contributed by atoms with Crippen molar-refractivity contribution in [1.29, 1.82) is 0 Å². The average molecular weight is 360 g/mol. The molecule has 1 atom stereocenters. The van der Waals surface area contributed by atoms with Crippen molar-refractivity contribution in [3.8, 4) is 0 Å². The normalized spacial score (nSPS) is 19.0. The summed E-state index contributed by atoms with van der Waals surface area (Å²) < 4.78 is 1.19. The molecule has 1 aliphatic rings. The van der Waals surface area contributed by atoms with Crippen LogP contribution in [0.2, 0.25) is 0 Å². The van der Waals surface area contributed by atoms with Gasteiger partial charge in [0, 0.05) is 33.7 Å². The van der Waals surface area contributed by atoms with Crippen LogP contribution in [-0.2, 0) is 0 Å². The van der Waals surface area contributed by atoms with Gasteiger partial charge in [-0.2, -0.15) is 11.8 Å². The molecule has 1 fully saturated rings. The van der Waals surface area contributed by atoms with Gasteiger partial charge in [-0.05, 0) is 35.4 Å². The molecule has 0 unspecified atom stereocenters. The minimum absolute atomic E-state index is 0.193. The molecule has 1 aliphatic heterocycles. The number of carbonyl (C=O) groups excluding carboxylic acids is 1. The van der Waals surface area contributed by atoms with Crippen LogP contribution in [0, 0.1) is 0 Å². The minimum atomic E-state index is 0.193. The lowest BCUT2D eigenvalue weighted by molar-refractivity contribution is 0.0771. The van der Waals surface area contributed by atoms with Crippen LogP contribution in [0.3, 0.4) is 0 Å². The van der Waals surface area contributed by atoms with E-state index in [1.807, 2.05) is 46.2 Å². The Morgan fingerprint density at radius 3 is 2.87 bits per heavy atom. The lowest BCUT2D eigenvalue weighted by Crippen LogP contribution is -2.32. The van der Waals surface area contributed by atoms with Crippen molar-refractivity contribution in [1.82, 2.24) is 4.90 Å². The fourth-order valence-corrected chi connectivity index (χ4v) is 6.19. The summed E-state index contributed by atoms with van der Waals surface area (Å²) in [6, 6.07) is 14.6. The summed E-state index contributed by atoms with van der Waals surface area (Å²) >= 11 is 5.42. The van der Waals surface area contributed by atoms with Gasteiger partial charge in [0.15, 0.2) is 0 Å². The Morgan fingerprint density at radius 1 is 1.13 bits per heavy atom. The van der Waals surface area contributed by atoms with E-state index in [0.29, 0.717) is 5.25 Å². The van der Waals surface area contributed by atoms with Gasteiger partial charge >= 0.3 is 0 Å². The third kappa shape index (κ3) is 3.18. The Kier molecular flexibility index (Phi) is 4.42. The average Bonchev–Trinajstić information content (AvgIpc) is 3.19. The van der Waals surface area contributed by atoms with Gasteiger partial charge in [-0.15, -0.1) is 22.7 Å². The van der Waals surface area contributed by atoms with Gasteiger partial charge < -0.3 is 4.90 Å². The lowest BCUT2D eigenvalue weighted by Gasteiger charge is -2.19. The van der Waals surface area contributed by atoms with Crippen molar-refractivity contribution in [2.75, 3.05) is 18.8 Å². The van der Waals surface area contributed by atoms with Gasteiger partial charge in [0.25, 0.3) is 5.91 Å². The number of benzene rings is 1. The quantitative estimate of drug-likeness (QED) is 0.620. The molecule has 1 saturated heterocycles. The first-order valence-corrected chi connectivity index (χ1v) is 10.5. The second-order valence-electron chi connectivity index (χ2n) is 5.60. The fourth-order valence-electron chi connectivity index (χ4n) is 2.92. The van der Waals surface area contributed by atoms with Crippen LogP contribution in [0.25, 0.3) is 10.1 Å². The van der Waals surface area contributed by atoms with E-state index < -0.39 is 0 Å². The molecule has 3 aromatic rings. The minimum Gasteiger partial charge on any atom is -0.337 e. The summed E-state index contributed by atoms with van der Waals surface area (Å²) in [5, 5.41) is 3.85. The SMILES string of the molecule is O=C(c1cc2ccccc2s1)N1CCS[C@H](c2cccs2)CC1. The molecule has 2 nitrogen and oxygen atoms in total.